The van der Waals surface area contributed by atoms with E-state index in [-0.39, 0.29) is 29.6 Å². The van der Waals surface area contributed by atoms with Crippen molar-refractivity contribution in [3.8, 4) is 17.2 Å². The zero-order valence-electron chi connectivity index (χ0n) is 30.6. The van der Waals surface area contributed by atoms with E-state index in [4.69, 9.17) is 28.4 Å². The van der Waals surface area contributed by atoms with Gasteiger partial charge in [-0.25, -0.2) is 4.79 Å². The Bertz CT molecular complexity index is 1580. The molecule has 2 amide bonds. The Morgan fingerprint density at radius 3 is 2.47 bits per heavy atom. The van der Waals surface area contributed by atoms with E-state index in [9.17, 15) is 9.59 Å². The lowest BCUT2D eigenvalue weighted by atomic mass is 9.79. The molecule has 0 aliphatic carbocycles. The molecule has 3 aromatic rings. The van der Waals surface area contributed by atoms with Crippen molar-refractivity contribution in [1.29, 1.82) is 0 Å². The first-order valence-electron chi connectivity index (χ1n) is 17.8. The Balaban J connectivity index is 1.12. The number of thioether (sulfide) groups is 1. The molecule has 0 radical (unpaired) electrons. The van der Waals surface area contributed by atoms with Gasteiger partial charge >= 0.3 is 6.09 Å². The number of fused-ring (bicyclic) bond motifs is 1. The molecule has 2 atom stereocenters. The summed E-state index contributed by atoms with van der Waals surface area (Å²) in [5, 5.41) is 0. The number of likely N-dealkylation sites (tertiary alicyclic amines) is 1. The van der Waals surface area contributed by atoms with Crippen LogP contribution in [0.4, 0.5) is 10.5 Å². The molecule has 0 bridgehead atoms. The number of hydrogen-bond donors (Lipinski definition) is 0. The lowest BCUT2D eigenvalue weighted by Crippen LogP contribution is -2.58. The number of para-hydroxylation sites is 1. The summed E-state index contributed by atoms with van der Waals surface area (Å²) in [6.07, 6.45) is 2.59. The van der Waals surface area contributed by atoms with Gasteiger partial charge in [-0.3, -0.25) is 4.79 Å². The third kappa shape index (κ3) is 10.6. The molecule has 0 spiro atoms. The van der Waals surface area contributed by atoms with E-state index in [1.165, 1.54) is 0 Å². The molecule has 2 aliphatic rings. The van der Waals surface area contributed by atoms with Gasteiger partial charge in [0.1, 0.15) is 17.2 Å². The number of anilines is 1. The summed E-state index contributed by atoms with van der Waals surface area (Å²) in [6, 6.07) is 21.0. The van der Waals surface area contributed by atoms with Gasteiger partial charge < -0.3 is 38.2 Å². The van der Waals surface area contributed by atoms with Crippen LogP contribution in [-0.2, 0) is 32.2 Å². The molecule has 1 saturated heterocycles. The number of piperidine rings is 1. The summed E-state index contributed by atoms with van der Waals surface area (Å²) < 4.78 is 34.7. The van der Waals surface area contributed by atoms with E-state index in [2.05, 4.69) is 39.0 Å². The number of hydrogen-bond acceptors (Lipinski definition) is 9. The van der Waals surface area contributed by atoms with Crippen molar-refractivity contribution in [1.82, 2.24) is 4.90 Å². The fraction of sp³-hybridized carbons (Fsp3) is 0.500. The predicted molar refractivity (Wildman–Crippen MR) is 199 cm³/mol. The van der Waals surface area contributed by atoms with E-state index < -0.39 is 0 Å². The Kier molecular flexibility index (Phi) is 14.1. The Morgan fingerprint density at radius 2 is 1.71 bits per heavy atom. The summed E-state index contributed by atoms with van der Waals surface area (Å²) in [5.41, 5.74) is 2.68. The Hall–Kier alpha value is -3.77. The Morgan fingerprint density at radius 1 is 0.922 bits per heavy atom. The highest BCUT2D eigenvalue weighted by atomic mass is 32.2. The molecular formula is C40H52N2O8S. The second-order valence-electron chi connectivity index (χ2n) is 13.9. The van der Waals surface area contributed by atoms with Crippen molar-refractivity contribution in [3.63, 3.8) is 0 Å². The molecule has 11 heteroatoms. The molecule has 5 rings (SSSR count). The van der Waals surface area contributed by atoms with Crippen LogP contribution in [0.25, 0.3) is 0 Å². The predicted octanol–water partition coefficient (Wildman–Crippen LogP) is 7.75. The first-order chi connectivity index (χ1) is 24.7. The van der Waals surface area contributed by atoms with Gasteiger partial charge in [-0.1, -0.05) is 45.0 Å². The number of benzene rings is 3. The average molecular weight is 721 g/mol. The SMILES string of the molecule is COCCCN1C(=O)CSc2ccc(COC3CCCN(C(=O)Oc4ccc(OCCCOCc5ccccc5OC)cc4)C3C(C)(C)C)cc21. The second-order valence-corrected chi connectivity index (χ2v) is 14.9. The number of carbonyl (C=O) groups excluding carboxylic acids is 2. The molecule has 2 unspecified atom stereocenters. The van der Waals surface area contributed by atoms with Gasteiger partial charge in [0.15, 0.2) is 0 Å². The highest BCUT2D eigenvalue weighted by Gasteiger charge is 2.43. The largest absolute Gasteiger partial charge is 0.496 e. The zero-order valence-corrected chi connectivity index (χ0v) is 31.4. The molecule has 2 aliphatic heterocycles. The monoisotopic (exact) mass is 720 g/mol. The second kappa shape index (κ2) is 18.6. The minimum atomic E-state index is -0.389. The van der Waals surface area contributed by atoms with Crippen LogP contribution in [-0.4, -0.2) is 81.9 Å². The highest BCUT2D eigenvalue weighted by molar-refractivity contribution is 8.00. The van der Waals surface area contributed by atoms with Crippen LogP contribution in [0.3, 0.4) is 0 Å². The van der Waals surface area contributed by atoms with Crippen LogP contribution in [0.1, 0.15) is 57.6 Å². The third-order valence-electron chi connectivity index (χ3n) is 9.04. The van der Waals surface area contributed by atoms with Crippen molar-refractivity contribution >= 4 is 29.4 Å². The maximum Gasteiger partial charge on any atom is 0.415 e. The summed E-state index contributed by atoms with van der Waals surface area (Å²) in [6.45, 7) is 10.1. The van der Waals surface area contributed by atoms with Gasteiger partial charge in [0, 0.05) is 43.7 Å². The van der Waals surface area contributed by atoms with E-state index in [0.29, 0.717) is 63.4 Å². The molecule has 276 valence electrons. The van der Waals surface area contributed by atoms with Crippen LogP contribution in [0, 0.1) is 5.41 Å². The third-order valence-corrected chi connectivity index (χ3v) is 10.1. The fourth-order valence-corrected chi connectivity index (χ4v) is 7.55. The van der Waals surface area contributed by atoms with E-state index in [0.717, 1.165) is 53.1 Å². The first-order valence-corrected chi connectivity index (χ1v) is 18.7. The van der Waals surface area contributed by atoms with E-state index in [1.807, 2.05) is 46.2 Å². The first kappa shape index (κ1) is 38.5. The zero-order chi connectivity index (χ0) is 36.2. The Labute approximate surface area is 306 Å². The van der Waals surface area contributed by atoms with Crippen molar-refractivity contribution in [2.24, 2.45) is 5.41 Å². The standard InChI is InChI=1S/C40H52N2O8S/c1-40(2,3)38-35(49-26-29-14-19-36-33(25-29)41(21-9-22-45-4)37(43)28-51-36)13-8-20-42(38)39(44)50-32-17-15-31(16-18-32)48-24-10-23-47-27-30-11-6-7-12-34(30)46-5/h6-7,11-12,14-19,25,35,38H,8-10,13,20-24,26-28H2,1-5H3. The van der Waals surface area contributed by atoms with Crippen LogP contribution >= 0.6 is 11.8 Å². The topological polar surface area (TPSA) is 96.0 Å². The van der Waals surface area contributed by atoms with Crippen molar-refractivity contribution in [3.05, 3.63) is 77.9 Å². The number of nitrogens with zero attached hydrogens (tertiary/aromatic N) is 2. The average Bonchev–Trinajstić information content (AvgIpc) is 3.13. The van der Waals surface area contributed by atoms with E-state index >= 15 is 0 Å². The molecule has 0 aromatic heterocycles. The highest BCUT2D eigenvalue weighted by Crippen LogP contribution is 2.38. The minimum absolute atomic E-state index is 0.111. The van der Waals surface area contributed by atoms with Crippen LogP contribution in [0.2, 0.25) is 0 Å². The van der Waals surface area contributed by atoms with Crippen LogP contribution in [0.15, 0.2) is 71.6 Å². The number of amides is 2. The number of carbonyl (C=O) groups is 2. The molecule has 0 saturated carbocycles. The van der Waals surface area contributed by atoms with Gasteiger partial charge in [0.05, 0.1) is 57.1 Å². The lowest BCUT2D eigenvalue weighted by molar-refractivity contribution is -0.116. The number of rotatable bonds is 16. The minimum Gasteiger partial charge on any atom is -0.496 e. The maximum absolute atomic E-state index is 13.6. The van der Waals surface area contributed by atoms with Crippen LogP contribution in [0.5, 0.6) is 17.2 Å². The number of ether oxygens (including phenoxy) is 6. The summed E-state index contributed by atoms with van der Waals surface area (Å²) in [4.78, 5) is 31.2. The summed E-state index contributed by atoms with van der Waals surface area (Å²) in [5.74, 6) is 2.53. The normalized spacial score (nSPS) is 17.6. The fourth-order valence-electron chi connectivity index (χ4n) is 6.64. The van der Waals surface area contributed by atoms with Crippen molar-refractivity contribution < 1.29 is 38.0 Å². The molecule has 3 aromatic carbocycles. The molecule has 1 fully saturated rings. The smallest absolute Gasteiger partial charge is 0.415 e. The van der Waals surface area contributed by atoms with Gasteiger partial charge in [-0.15, -0.1) is 11.8 Å². The maximum atomic E-state index is 13.6. The van der Waals surface area contributed by atoms with Crippen molar-refractivity contribution in [2.45, 2.75) is 76.7 Å². The number of methoxy groups -OCH3 is 2. The quantitative estimate of drug-likeness (QED) is 0.138. The van der Waals surface area contributed by atoms with Crippen LogP contribution < -0.4 is 19.1 Å². The lowest BCUT2D eigenvalue weighted by Gasteiger charge is -2.47. The molecule has 51 heavy (non-hydrogen) atoms. The van der Waals surface area contributed by atoms with E-state index in [1.54, 1.807) is 38.1 Å². The molecular weight excluding hydrogens is 669 g/mol. The molecule has 10 nitrogen and oxygen atoms in total. The van der Waals surface area contributed by atoms with Gasteiger partial charge in [0.2, 0.25) is 5.91 Å². The van der Waals surface area contributed by atoms with Gasteiger partial charge in [-0.05, 0) is 72.7 Å². The van der Waals surface area contributed by atoms with Crippen molar-refractivity contribution in [2.75, 3.05) is 57.8 Å². The van der Waals surface area contributed by atoms with Gasteiger partial charge in [-0.2, -0.15) is 0 Å². The summed E-state index contributed by atoms with van der Waals surface area (Å²) >= 11 is 1.57. The molecule has 2 heterocycles. The molecule has 0 N–H and O–H groups in total. The van der Waals surface area contributed by atoms with Gasteiger partial charge in [0.25, 0.3) is 0 Å². The summed E-state index contributed by atoms with van der Waals surface area (Å²) in [7, 11) is 3.33.